The van der Waals surface area contributed by atoms with Crippen LogP contribution in [0.3, 0.4) is 0 Å². The van der Waals surface area contributed by atoms with Gasteiger partial charge in [-0.3, -0.25) is 4.79 Å². The molecule has 3 heteroatoms. The predicted molar refractivity (Wildman–Crippen MR) is 85.8 cm³/mol. The molecule has 0 N–H and O–H groups in total. The molecule has 1 fully saturated rings. The maximum atomic E-state index is 12.2. The van der Waals surface area contributed by atoms with Gasteiger partial charge in [-0.25, -0.2) is 0 Å². The third-order valence-electron chi connectivity index (χ3n) is 4.16. The van der Waals surface area contributed by atoms with Gasteiger partial charge in [0.05, 0.1) is 0 Å². The minimum Gasteiger partial charge on any atom is -0.339 e. The summed E-state index contributed by atoms with van der Waals surface area (Å²) in [5, 5.41) is 0.909. The summed E-state index contributed by atoms with van der Waals surface area (Å²) in [6.45, 7) is 3.14. The average molecular weight is 332 g/mol. The zero-order valence-electron chi connectivity index (χ0n) is 12.5. The van der Waals surface area contributed by atoms with Crippen LogP contribution in [0.5, 0.6) is 0 Å². The van der Waals surface area contributed by atoms with Gasteiger partial charge in [-0.15, -0.1) is 0 Å². The van der Waals surface area contributed by atoms with E-state index in [1.165, 1.54) is 57.8 Å². The Kier molecular flexibility index (Phi) is 9.58. The van der Waals surface area contributed by atoms with Crippen LogP contribution in [-0.4, -0.2) is 28.7 Å². The number of unbranched alkanes of at least 4 members (excludes halogenated alkanes) is 6. The Hall–Kier alpha value is -0.0500. The van der Waals surface area contributed by atoms with E-state index in [4.69, 9.17) is 0 Å². The van der Waals surface area contributed by atoms with Crippen molar-refractivity contribution in [2.24, 2.45) is 0 Å². The number of carbonyl (C=O) groups is 1. The Labute approximate surface area is 127 Å². The molecular formula is C16H30BrNO. The highest BCUT2D eigenvalue weighted by Crippen LogP contribution is 2.25. The van der Waals surface area contributed by atoms with E-state index in [0.717, 1.165) is 24.7 Å². The maximum absolute atomic E-state index is 12.2. The molecule has 0 aliphatic heterocycles. The van der Waals surface area contributed by atoms with Gasteiger partial charge in [0.25, 0.3) is 0 Å². The summed E-state index contributed by atoms with van der Waals surface area (Å²) in [5.74, 6) is 0.387. The molecule has 1 saturated carbocycles. The van der Waals surface area contributed by atoms with Crippen LogP contribution in [-0.2, 0) is 4.79 Å². The van der Waals surface area contributed by atoms with E-state index in [2.05, 4.69) is 27.8 Å². The first-order chi connectivity index (χ1) is 9.29. The topological polar surface area (TPSA) is 20.3 Å². The number of carbonyl (C=O) groups excluding carboxylic acids is 1. The molecule has 0 radical (unpaired) electrons. The molecule has 1 amide bonds. The lowest BCUT2D eigenvalue weighted by atomic mass is 9.91. The zero-order chi connectivity index (χ0) is 13.9. The maximum Gasteiger partial charge on any atom is 0.222 e. The highest BCUT2D eigenvalue weighted by atomic mass is 79.9. The van der Waals surface area contributed by atoms with Gasteiger partial charge in [0.15, 0.2) is 0 Å². The van der Waals surface area contributed by atoms with Crippen LogP contribution in [0.1, 0.15) is 77.6 Å². The van der Waals surface area contributed by atoms with Crippen LogP contribution in [0.15, 0.2) is 0 Å². The molecular weight excluding hydrogens is 302 g/mol. The van der Waals surface area contributed by atoms with Crippen molar-refractivity contribution < 1.29 is 4.79 Å². The van der Waals surface area contributed by atoms with E-state index in [0.29, 0.717) is 11.9 Å². The fourth-order valence-electron chi connectivity index (χ4n) is 2.68. The Morgan fingerprint density at radius 3 is 2.26 bits per heavy atom. The van der Waals surface area contributed by atoms with Gasteiger partial charge in [-0.05, 0) is 25.7 Å². The van der Waals surface area contributed by atoms with Crippen molar-refractivity contribution in [2.45, 2.75) is 83.6 Å². The number of hydrogen-bond donors (Lipinski definition) is 0. The normalized spacial score (nSPS) is 15.3. The standard InChI is InChI=1S/C16H30BrNO/c1-2-3-4-5-6-7-8-12-16(19)18(14-13-17)15-10-9-11-15/h15H,2-14H2,1H3. The first-order valence-electron chi connectivity index (χ1n) is 8.15. The van der Waals surface area contributed by atoms with Gasteiger partial charge in [0.1, 0.15) is 0 Å². The smallest absolute Gasteiger partial charge is 0.222 e. The number of hydrogen-bond acceptors (Lipinski definition) is 1. The number of amides is 1. The Balaban J connectivity index is 2.07. The van der Waals surface area contributed by atoms with Crippen LogP contribution < -0.4 is 0 Å². The Morgan fingerprint density at radius 2 is 1.74 bits per heavy atom. The lowest BCUT2D eigenvalue weighted by molar-refractivity contribution is -0.135. The minimum atomic E-state index is 0.387. The van der Waals surface area contributed by atoms with Crippen LogP contribution in [0.2, 0.25) is 0 Å². The number of halogens is 1. The molecule has 0 unspecified atom stereocenters. The van der Waals surface area contributed by atoms with Crippen LogP contribution in [0, 0.1) is 0 Å². The molecule has 0 heterocycles. The third-order valence-corrected chi connectivity index (χ3v) is 4.51. The third kappa shape index (κ3) is 6.78. The van der Waals surface area contributed by atoms with Crippen LogP contribution >= 0.6 is 15.9 Å². The summed E-state index contributed by atoms with van der Waals surface area (Å²) < 4.78 is 0. The monoisotopic (exact) mass is 331 g/mol. The molecule has 0 aromatic carbocycles. The van der Waals surface area contributed by atoms with Crippen molar-refractivity contribution in [3.05, 3.63) is 0 Å². The molecule has 1 aliphatic carbocycles. The van der Waals surface area contributed by atoms with E-state index in [-0.39, 0.29) is 0 Å². The summed E-state index contributed by atoms with van der Waals surface area (Å²) in [6.07, 6.45) is 13.5. The van der Waals surface area contributed by atoms with E-state index < -0.39 is 0 Å². The lowest BCUT2D eigenvalue weighted by Gasteiger charge is -2.37. The van der Waals surface area contributed by atoms with Gasteiger partial charge in [-0.2, -0.15) is 0 Å². The van der Waals surface area contributed by atoms with Crippen molar-refractivity contribution >= 4 is 21.8 Å². The summed E-state index contributed by atoms with van der Waals surface area (Å²) >= 11 is 3.46. The molecule has 0 bridgehead atoms. The second-order valence-corrected chi connectivity index (χ2v) is 6.53. The summed E-state index contributed by atoms with van der Waals surface area (Å²) in [6, 6.07) is 0.551. The summed E-state index contributed by atoms with van der Waals surface area (Å²) in [4.78, 5) is 14.3. The fourth-order valence-corrected chi connectivity index (χ4v) is 3.06. The van der Waals surface area contributed by atoms with Gasteiger partial charge >= 0.3 is 0 Å². The zero-order valence-corrected chi connectivity index (χ0v) is 14.1. The van der Waals surface area contributed by atoms with E-state index in [9.17, 15) is 4.79 Å². The van der Waals surface area contributed by atoms with Crippen LogP contribution in [0.25, 0.3) is 0 Å². The van der Waals surface area contributed by atoms with Gasteiger partial charge in [0.2, 0.25) is 5.91 Å². The molecule has 112 valence electrons. The van der Waals surface area contributed by atoms with Crippen molar-refractivity contribution in [3.8, 4) is 0 Å². The molecule has 19 heavy (non-hydrogen) atoms. The first kappa shape index (κ1) is 17.0. The van der Waals surface area contributed by atoms with E-state index in [1.807, 2.05) is 0 Å². The molecule has 1 aliphatic rings. The van der Waals surface area contributed by atoms with Crippen molar-refractivity contribution in [1.82, 2.24) is 4.90 Å². The van der Waals surface area contributed by atoms with Gasteiger partial charge < -0.3 is 4.90 Å². The second kappa shape index (κ2) is 10.7. The van der Waals surface area contributed by atoms with Crippen molar-refractivity contribution in [1.29, 1.82) is 0 Å². The largest absolute Gasteiger partial charge is 0.339 e. The highest BCUT2D eigenvalue weighted by Gasteiger charge is 2.27. The number of nitrogens with zero attached hydrogens (tertiary/aromatic N) is 1. The Bertz CT molecular complexity index is 241. The molecule has 0 aromatic heterocycles. The predicted octanol–water partition coefficient (Wildman–Crippen LogP) is 4.90. The summed E-state index contributed by atoms with van der Waals surface area (Å²) in [5.41, 5.74) is 0. The molecule has 0 saturated heterocycles. The lowest BCUT2D eigenvalue weighted by Crippen LogP contribution is -2.45. The minimum absolute atomic E-state index is 0.387. The highest BCUT2D eigenvalue weighted by molar-refractivity contribution is 9.09. The quantitative estimate of drug-likeness (QED) is 0.389. The molecule has 0 spiro atoms. The second-order valence-electron chi connectivity index (χ2n) is 5.73. The van der Waals surface area contributed by atoms with Crippen molar-refractivity contribution in [2.75, 3.05) is 11.9 Å². The van der Waals surface area contributed by atoms with Gasteiger partial charge in [-0.1, -0.05) is 61.4 Å². The molecule has 2 nitrogen and oxygen atoms in total. The fraction of sp³-hybridized carbons (Fsp3) is 0.938. The molecule has 1 rings (SSSR count). The Morgan fingerprint density at radius 1 is 1.11 bits per heavy atom. The first-order valence-corrected chi connectivity index (χ1v) is 9.27. The van der Waals surface area contributed by atoms with Crippen molar-refractivity contribution in [3.63, 3.8) is 0 Å². The van der Waals surface area contributed by atoms with E-state index >= 15 is 0 Å². The van der Waals surface area contributed by atoms with Crippen LogP contribution in [0.4, 0.5) is 0 Å². The van der Waals surface area contributed by atoms with Gasteiger partial charge in [0, 0.05) is 24.3 Å². The number of rotatable bonds is 11. The van der Waals surface area contributed by atoms with E-state index in [1.54, 1.807) is 0 Å². The molecule has 0 atom stereocenters. The molecule has 0 aromatic rings. The summed E-state index contributed by atoms with van der Waals surface area (Å²) in [7, 11) is 0. The average Bonchev–Trinajstić information content (AvgIpc) is 2.35. The number of alkyl halides is 1. The SMILES string of the molecule is CCCCCCCCCC(=O)N(CCBr)C1CCC1.